The van der Waals surface area contributed by atoms with Crippen LogP contribution in [0.3, 0.4) is 0 Å². The van der Waals surface area contributed by atoms with Gasteiger partial charge in [-0.1, -0.05) is 18.2 Å². The first-order chi connectivity index (χ1) is 10.8. The van der Waals surface area contributed by atoms with Crippen molar-refractivity contribution >= 4 is 15.9 Å². The van der Waals surface area contributed by atoms with E-state index >= 15 is 0 Å². The third kappa shape index (κ3) is 4.47. The molecule has 1 aromatic rings. The molecule has 23 heavy (non-hydrogen) atoms. The van der Waals surface area contributed by atoms with Crippen molar-refractivity contribution in [1.82, 2.24) is 20.5 Å². The largest absolute Gasteiger partial charge is 0.354 e. The first-order valence-electron chi connectivity index (χ1n) is 7.24. The zero-order valence-corrected chi connectivity index (χ0v) is 13.9. The number of carbonyl (C=O) groups excluding carboxylic acids is 1. The Hall–Kier alpha value is -1.55. The molecule has 1 amide bonds. The molecule has 1 aliphatic heterocycles. The van der Waals surface area contributed by atoms with Gasteiger partial charge < -0.3 is 5.32 Å². The molecule has 1 saturated heterocycles. The van der Waals surface area contributed by atoms with Crippen molar-refractivity contribution in [2.45, 2.75) is 18.5 Å². The summed E-state index contributed by atoms with van der Waals surface area (Å²) in [5.41, 5.74) is 6.20. The van der Waals surface area contributed by atoms with Gasteiger partial charge in [-0.05, 0) is 12.5 Å². The molecule has 0 radical (unpaired) electrons. The fourth-order valence-corrected chi connectivity index (χ4v) is 3.02. The Labute approximate surface area is 135 Å². The zero-order valence-electron chi connectivity index (χ0n) is 13.0. The van der Waals surface area contributed by atoms with Crippen molar-refractivity contribution in [3.8, 4) is 0 Å². The number of rotatable bonds is 6. The van der Waals surface area contributed by atoms with Gasteiger partial charge in [0.05, 0.1) is 11.8 Å². The molecule has 1 fully saturated rings. The van der Waals surface area contributed by atoms with Crippen LogP contribution in [0, 0.1) is 5.82 Å². The molecule has 0 aromatic heterocycles. The molecule has 1 aromatic carbocycles. The number of hydrazine groups is 1. The summed E-state index contributed by atoms with van der Waals surface area (Å²) in [6.45, 7) is 0.0297. The van der Waals surface area contributed by atoms with E-state index in [-0.39, 0.29) is 30.1 Å². The highest BCUT2D eigenvalue weighted by Crippen LogP contribution is 2.24. The lowest BCUT2D eigenvalue weighted by Crippen LogP contribution is -2.45. The fraction of sp³-hybridized carbons (Fsp3) is 0.500. The van der Waals surface area contributed by atoms with Crippen molar-refractivity contribution < 1.29 is 17.6 Å². The number of amides is 1. The van der Waals surface area contributed by atoms with Gasteiger partial charge in [0.2, 0.25) is 15.9 Å². The summed E-state index contributed by atoms with van der Waals surface area (Å²) < 4.78 is 38.1. The van der Waals surface area contributed by atoms with Crippen molar-refractivity contribution in [2.24, 2.45) is 0 Å². The predicted molar refractivity (Wildman–Crippen MR) is 84.3 cm³/mol. The Morgan fingerprint density at radius 1 is 1.35 bits per heavy atom. The maximum absolute atomic E-state index is 13.7. The van der Waals surface area contributed by atoms with Gasteiger partial charge in [0.15, 0.2) is 0 Å². The summed E-state index contributed by atoms with van der Waals surface area (Å²) in [5.74, 6) is -0.807. The number of hydrogen-bond donors (Lipinski definition) is 3. The number of nitrogens with one attached hydrogen (secondary N) is 3. The summed E-state index contributed by atoms with van der Waals surface area (Å²) in [7, 11) is -0.458. The molecule has 0 aliphatic carbocycles. The van der Waals surface area contributed by atoms with Crippen molar-refractivity contribution in [1.29, 1.82) is 0 Å². The topological polar surface area (TPSA) is 90.5 Å². The van der Waals surface area contributed by atoms with Crippen LogP contribution in [0.2, 0.25) is 0 Å². The Kier molecular flexibility index (Phi) is 5.69. The van der Waals surface area contributed by atoms with Crippen molar-refractivity contribution in [2.75, 3.05) is 26.4 Å². The van der Waals surface area contributed by atoms with Crippen LogP contribution in [-0.4, -0.2) is 51.1 Å². The third-order valence-corrected chi connectivity index (χ3v) is 5.55. The number of benzene rings is 1. The van der Waals surface area contributed by atoms with Crippen LogP contribution in [0.25, 0.3) is 0 Å². The van der Waals surface area contributed by atoms with Gasteiger partial charge in [-0.2, -0.15) is 0 Å². The third-order valence-electron chi connectivity index (χ3n) is 3.72. The van der Waals surface area contributed by atoms with Crippen LogP contribution in [0.5, 0.6) is 0 Å². The molecule has 0 spiro atoms. The molecule has 7 nitrogen and oxygen atoms in total. The average Bonchev–Trinajstić information content (AvgIpc) is 2.97. The summed E-state index contributed by atoms with van der Waals surface area (Å²) in [6.07, 6.45) is 0.382. The highest BCUT2D eigenvalue weighted by Gasteiger charge is 2.31. The zero-order chi connectivity index (χ0) is 17.0. The second-order valence-electron chi connectivity index (χ2n) is 5.54. The Balaban J connectivity index is 1.85. The maximum Gasteiger partial charge on any atom is 0.238 e. The van der Waals surface area contributed by atoms with Gasteiger partial charge in [-0.15, -0.1) is 0 Å². The molecular weight excluding hydrogens is 323 g/mol. The lowest BCUT2D eigenvalue weighted by Gasteiger charge is -2.13. The van der Waals surface area contributed by atoms with E-state index in [2.05, 4.69) is 16.2 Å². The van der Waals surface area contributed by atoms with E-state index in [1.807, 2.05) is 0 Å². The Bertz CT molecular complexity index is 666. The summed E-state index contributed by atoms with van der Waals surface area (Å²) >= 11 is 0. The Morgan fingerprint density at radius 3 is 2.70 bits per heavy atom. The molecule has 2 atom stereocenters. The minimum absolute atomic E-state index is 0.0297. The number of halogens is 1. The van der Waals surface area contributed by atoms with Crippen LogP contribution >= 0.6 is 0 Å². The second-order valence-corrected chi connectivity index (χ2v) is 7.84. The van der Waals surface area contributed by atoms with Gasteiger partial charge in [-0.25, -0.2) is 28.0 Å². The van der Waals surface area contributed by atoms with E-state index in [4.69, 9.17) is 0 Å². The lowest BCUT2D eigenvalue weighted by atomic mass is 10.0. The van der Waals surface area contributed by atoms with Crippen LogP contribution in [-0.2, 0) is 14.8 Å². The molecule has 3 N–H and O–H groups in total. The van der Waals surface area contributed by atoms with Crippen LogP contribution in [0.15, 0.2) is 24.3 Å². The van der Waals surface area contributed by atoms with E-state index in [1.54, 1.807) is 18.2 Å². The molecule has 1 aliphatic rings. The van der Waals surface area contributed by atoms with Crippen molar-refractivity contribution in [3.05, 3.63) is 35.6 Å². The lowest BCUT2D eigenvalue weighted by molar-refractivity contribution is -0.122. The fourth-order valence-electron chi connectivity index (χ4n) is 2.30. The number of sulfonamides is 1. The molecule has 1 heterocycles. The van der Waals surface area contributed by atoms with E-state index in [0.29, 0.717) is 12.0 Å². The highest BCUT2D eigenvalue weighted by atomic mass is 32.2. The number of hydrogen-bond acceptors (Lipinski definition) is 5. The van der Waals surface area contributed by atoms with Gasteiger partial charge >= 0.3 is 0 Å². The SMILES string of the molecule is CN(C)S(=O)(=O)CCNC(=O)C1CC(c2ccccc2F)NN1. The first kappa shape index (κ1) is 17.8. The monoisotopic (exact) mass is 344 g/mol. The van der Waals surface area contributed by atoms with Gasteiger partial charge in [0.1, 0.15) is 11.9 Å². The first-order valence-corrected chi connectivity index (χ1v) is 8.85. The van der Waals surface area contributed by atoms with Gasteiger partial charge in [0.25, 0.3) is 0 Å². The summed E-state index contributed by atoms with van der Waals surface area (Å²) in [5, 5.41) is 2.58. The molecule has 0 saturated carbocycles. The minimum atomic E-state index is -3.34. The molecule has 9 heteroatoms. The summed E-state index contributed by atoms with van der Waals surface area (Å²) in [6, 6.07) is 5.53. The van der Waals surface area contributed by atoms with Crippen LogP contribution < -0.4 is 16.2 Å². The highest BCUT2D eigenvalue weighted by molar-refractivity contribution is 7.89. The maximum atomic E-state index is 13.7. The van der Waals surface area contributed by atoms with E-state index in [1.165, 1.54) is 20.2 Å². The minimum Gasteiger partial charge on any atom is -0.354 e. The molecule has 2 unspecified atom stereocenters. The number of nitrogens with zero attached hydrogens (tertiary/aromatic N) is 1. The van der Waals surface area contributed by atoms with Gasteiger partial charge in [-0.3, -0.25) is 4.79 Å². The average molecular weight is 344 g/mol. The molecular formula is C14H21FN4O3S. The molecule has 2 rings (SSSR count). The Morgan fingerprint density at radius 2 is 2.04 bits per heavy atom. The van der Waals surface area contributed by atoms with E-state index in [0.717, 1.165) is 4.31 Å². The van der Waals surface area contributed by atoms with E-state index in [9.17, 15) is 17.6 Å². The van der Waals surface area contributed by atoms with Crippen LogP contribution in [0.1, 0.15) is 18.0 Å². The standard InChI is InChI=1S/C14H21FN4O3S/c1-19(2)23(21,22)8-7-16-14(20)13-9-12(17-18-13)10-5-3-4-6-11(10)15/h3-6,12-13,17-18H,7-9H2,1-2H3,(H,16,20). The predicted octanol–water partition coefficient (Wildman–Crippen LogP) is -0.259. The molecule has 0 bridgehead atoms. The van der Waals surface area contributed by atoms with Crippen molar-refractivity contribution in [3.63, 3.8) is 0 Å². The summed E-state index contributed by atoms with van der Waals surface area (Å²) in [4.78, 5) is 12.0. The number of carbonyl (C=O) groups is 1. The smallest absolute Gasteiger partial charge is 0.238 e. The molecule has 128 valence electrons. The quantitative estimate of drug-likeness (QED) is 0.662. The normalized spacial score (nSPS) is 21.6. The van der Waals surface area contributed by atoms with Gasteiger partial charge in [0, 0.05) is 26.2 Å². The van der Waals surface area contributed by atoms with E-state index < -0.39 is 16.1 Å². The van der Waals surface area contributed by atoms with Crippen LogP contribution in [0.4, 0.5) is 4.39 Å². The second kappa shape index (κ2) is 7.35.